The number of hydrogen-bond acceptors (Lipinski definition) is 4. The molecule has 0 aromatic rings. The number of imide groups is 1. The van der Waals surface area contributed by atoms with Crippen LogP contribution in [-0.4, -0.2) is 60.0 Å². The van der Waals surface area contributed by atoms with Crippen molar-refractivity contribution in [1.29, 1.82) is 0 Å². The zero-order valence-corrected chi connectivity index (χ0v) is 12.4. The van der Waals surface area contributed by atoms with Crippen molar-refractivity contribution in [3.05, 3.63) is 0 Å². The summed E-state index contributed by atoms with van der Waals surface area (Å²) >= 11 is 0. The fourth-order valence-corrected chi connectivity index (χ4v) is 3.01. The van der Waals surface area contributed by atoms with Gasteiger partial charge in [0, 0.05) is 19.6 Å². The van der Waals surface area contributed by atoms with E-state index in [1.165, 1.54) is 17.7 Å². The lowest BCUT2D eigenvalue weighted by Gasteiger charge is -2.37. The number of nitrogens with two attached hydrogens (primary N) is 1. The number of unbranched alkanes of at least 4 members (excludes halogenated alkanes) is 1. The third-order valence-electron chi connectivity index (χ3n) is 4.37. The van der Waals surface area contributed by atoms with Crippen molar-refractivity contribution in [2.24, 2.45) is 5.73 Å². The summed E-state index contributed by atoms with van der Waals surface area (Å²) in [4.78, 5) is 28.2. The smallest absolute Gasteiger partial charge is 0.325 e. The number of rotatable bonds is 6. The minimum atomic E-state index is -0.644. The molecular formula is C14H26N4O2. The number of carbonyl (C=O) groups is 2. The molecule has 2 fully saturated rings. The second-order valence-corrected chi connectivity index (χ2v) is 5.81. The summed E-state index contributed by atoms with van der Waals surface area (Å²) in [6.07, 6.45) is 4.48. The first-order chi connectivity index (χ1) is 9.63. The molecule has 0 aromatic heterocycles. The molecule has 0 radical (unpaired) electrons. The highest BCUT2D eigenvalue weighted by molar-refractivity contribution is 6.07. The zero-order chi connectivity index (χ0) is 14.6. The van der Waals surface area contributed by atoms with E-state index in [0.717, 1.165) is 32.5 Å². The molecule has 0 unspecified atom stereocenters. The minimum absolute atomic E-state index is 0.0499. The summed E-state index contributed by atoms with van der Waals surface area (Å²) in [5.74, 6) is -0.0499. The summed E-state index contributed by atoms with van der Waals surface area (Å²) < 4.78 is 0. The van der Waals surface area contributed by atoms with Crippen LogP contribution in [0.25, 0.3) is 0 Å². The van der Waals surface area contributed by atoms with Crippen LogP contribution in [0.5, 0.6) is 0 Å². The molecule has 2 aliphatic heterocycles. The Balaban J connectivity index is 1.93. The molecule has 3 amide bonds. The second-order valence-electron chi connectivity index (χ2n) is 5.81. The molecule has 2 rings (SSSR count). The molecule has 2 aliphatic rings. The SMILES string of the molecule is CCCCN1CCC2(CC1)NC(=O)N(CCCN)C2=O. The molecular weight excluding hydrogens is 256 g/mol. The van der Waals surface area contributed by atoms with E-state index in [-0.39, 0.29) is 11.9 Å². The minimum Gasteiger partial charge on any atom is -0.330 e. The van der Waals surface area contributed by atoms with E-state index in [1.807, 2.05) is 0 Å². The largest absolute Gasteiger partial charge is 0.330 e. The van der Waals surface area contributed by atoms with Crippen LogP contribution >= 0.6 is 0 Å². The summed E-state index contributed by atoms with van der Waals surface area (Å²) in [5.41, 5.74) is 4.81. The normalized spacial score (nSPS) is 22.6. The number of nitrogens with one attached hydrogen (secondary N) is 1. The summed E-state index contributed by atoms with van der Waals surface area (Å²) in [6.45, 7) is 5.97. The van der Waals surface area contributed by atoms with Gasteiger partial charge in [0.2, 0.25) is 0 Å². The lowest BCUT2D eigenvalue weighted by Crippen LogP contribution is -2.55. The first kappa shape index (κ1) is 15.3. The van der Waals surface area contributed by atoms with E-state index in [2.05, 4.69) is 17.1 Å². The number of urea groups is 1. The molecule has 2 heterocycles. The maximum atomic E-state index is 12.5. The Morgan fingerprint density at radius 2 is 1.90 bits per heavy atom. The fraction of sp³-hybridized carbons (Fsp3) is 0.857. The van der Waals surface area contributed by atoms with Gasteiger partial charge < -0.3 is 16.0 Å². The van der Waals surface area contributed by atoms with E-state index < -0.39 is 5.54 Å². The van der Waals surface area contributed by atoms with Crippen molar-refractivity contribution in [3.63, 3.8) is 0 Å². The Bertz CT molecular complexity index is 364. The summed E-state index contributed by atoms with van der Waals surface area (Å²) in [6, 6.07) is -0.245. The molecule has 0 bridgehead atoms. The van der Waals surface area contributed by atoms with Gasteiger partial charge in [0.15, 0.2) is 0 Å². The van der Waals surface area contributed by atoms with E-state index in [1.54, 1.807) is 0 Å². The van der Waals surface area contributed by atoms with E-state index in [4.69, 9.17) is 5.73 Å². The molecule has 0 atom stereocenters. The number of carbonyl (C=O) groups excluding carboxylic acids is 2. The van der Waals surface area contributed by atoms with E-state index in [9.17, 15) is 9.59 Å². The lowest BCUT2D eigenvalue weighted by atomic mass is 9.87. The predicted molar refractivity (Wildman–Crippen MR) is 77.2 cm³/mol. The average molecular weight is 282 g/mol. The molecule has 0 aromatic carbocycles. The van der Waals surface area contributed by atoms with Crippen molar-refractivity contribution < 1.29 is 9.59 Å². The number of hydrogen-bond donors (Lipinski definition) is 2. The van der Waals surface area contributed by atoms with E-state index in [0.29, 0.717) is 19.5 Å². The molecule has 2 saturated heterocycles. The van der Waals surface area contributed by atoms with Crippen LogP contribution in [0.3, 0.4) is 0 Å². The molecule has 6 heteroatoms. The van der Waals surface area contributed by atoms with Crippen LogP contribution in [0.1, 0.15) is 39.0 Å². The highest BCUT2D eigenvalue weighted by atomic mass is 16.2. The van der Waals surface area contributed by atoms with Crippen molar-refractivity contribution in [3.8, 4) is 0 Å². The fourth-order valence-electron chi connectivity index (χ4n) is 3.01. The Kier molecular flexibility index (Phi) is 4.99. The Morgan fingerprint density at radius 3 is 2.50 bits per heavy atom. The molecule has 6 nitrogen and oxygen atoms in total. The van der Waals surface area contributed by atoms with Crippen molar-refractivity contribution in [2.45, 2.75) is 44.6 Å². The van der Waals surface area contributed by atoms with Crippen LogP contribution < -0.4 is 11.1 Å². The Labute approximate surface area is 120 Å². The second kappa shape index (κ2) is 6.54. The van der Waals surface area contributed by atoms with Crippen molar-refractivity contribution in [2.75, 3.05) is 32.7 Å². The highest BCUT2D eigenvalue weighted by Gasteiger charge is 2.51. The standard InChI is InChI=1S/C14H26N4O2/c1-2-3-8-17-10-5-14(6-11-17)12(19)18(9-4-7-15)13(20)16-14/h2-11,15H2,1H3,(H,16,20). The Hall–Kier alpha value is -1.14. The molecule has 3 N–H and O–H groups in total. The quantitative estimate of drug-likeness (QED) is 0.696. The van der Waals surface area contributed by atoms with Gasteiger partial charge in [-0.25, -0.2) is 4.79 Å². The molecule has 0 aliphatic carbocycles. The third-order valence-corrected chi connectivity index (χ3v) is 4.37. The van der Waals surface area contributed by atoms with Gasteiger partial charge >= 0.3 is 6.03 Å². The van der Waals surface area contributed by atoms with Crippen molar-refractivity contribution in [1.82, 2.24) is 15.1 Å². The third kappa shape index (κ3) is 2.96. The van der Waals surface area contributed by atoms with Crippen LogP contribution in [0.4, 0.5) is 4.79 Å². The molecule has 20 heavy (non-hydrogen) atoms. The lowest BCUT2D eigenvalue weighted by molar-refractivity contribution is -0.133. The first-order valence-corrected chi connectivity index (χ1v) is 7.69. The van der Waals surface area contributed by atoms with Gasteiger partial charge in [-0.1, -0.05) is 13.3 Å². The summed E-state index contributed by atoms with van der Waals surface area (Å²) in [5, 5.41) is 2.92. The van der Waals surface area contributed by atoms with Gasteiger partial charge in [-0.3, -0.25) is 9.69 Å². The van der Waals surface area contributed by atoms with Gasteiger partial charge in [-0.15, -0.1) is 0 Å². The van der Waals surface area contributed by atoms with Crippen LogP contribution in [0.2, 0.25) is 0 Å². The summed E-state index contributed by atoms with van der Waals surface area (Å²) in [7, 11) is 0. The zero-order valence-electron chi connectivity index (χ0n) is 12.4. The molecule has 114 valence electrons. The molecule has 0 saturated carbocycles. The van der Waals surface area contributed by atoms with Crippen molar-refractivity contribution >= 4 is 11.9 Å². The predicted octanol–water partition coefficient (Wildman–Crippen LogP) is 0.522. The topological polar surface area (TPSA) is 78.7 Å². The van der Waals surface area contributed by atoms with Crippen LogP contribution in [-0.2, 0) is 4.79 Å². The number of amides is 3. The first-order valence-electron chi connectivity index (χ1n) is 7.69. The maximum absolute atomic E-state index is 12.5. The highest BCUT2D eigenvalue weighted by Crippen LogP contribution is 2.29. The van der Waals surface area contributed by atoms with Gasteiger partial charge in [-0.2, -0.15) is 0 Å². The van der Waals surface area contributed by atoms with Gasteiger partial charge in [0.25, 0.3) is 5.91 Å². The maximum Gasteiger partial charge on any atom is 0.325 e. The van der Waals surface area contributed by atoms with Gasteiger partial charge in [0.1, 0.15) is 5.54 Å². The average Bonchev–Trinajstić information content (AvgIpc) is 2.68. The molecule has 1 spiro atoms. The monoisotopic (exact) mass is 282 g/mol. The van der Waals surface area contributed by atoms with E-state index >= 15 is 0 Å². The van der Waals surface area contributed by atoms with Gasteiger partial charge in [0.05, 0.1) is 0 Å². The number of likely N-dealkylation sites (tertiary alicyclic amines) is 1. The Morgan fingerprint density at radius 1 is 1.20 bits per heavy atom. The van der Waals surface area contributed by atoms with Crippen LogP contribution in [0, 0.1) is 0 Å². The van der Waals surface area contributed by atoms with Gasteiger partial charge in [-0.05, 0) is 38.8 Å². The van der Waals surface area contributed by atoms with Crippen LogP contribution in [0.15, 0.2) is 0 Å². The number of nitrogens with zero attached hydrogens (tertiary/aromatic N) is 2. The number of piperidine rings is 1.